The summed E-state index contributed by atoms with van der Waals surface area (Å²) in [7, 11) is -2.83. The summed E-state index contributed by atoms with van der Waals surface area (Å²) in [5.74, 6) is -1.20. The summed E-state index contributed by atoms with van der Waals surface area (Å²) < 4.78 is 21.9. The number of hydrogen-bond donors (Lipinski definition) is 2. The molecule has 20 heavy (non-hydrogen) atoms. The standard InChI is InChI=1S/C12H24NO6P/c1-6-18-20(5,17)8-7-9(10(14)15)13-11(16)19-12(2,3)4/h9H,6-8H2,1-5H3,(H,13,16)(H,14,15). The zero-order chi connectivity index (χ0) is 16.0. The average Bonchev–Trinajstić information content (AvgIpc) is 2.21. The van der Waals surface area contributed by atoms with Gasteiger partial charge in [-0.15, -0.1) is 0 Å². The van der Waals surface area contributed by atoms with Crippen LogP contribution < -0.4 is 5.32 Å². The molecular formula is C12H24NO6P. The number of ether oxygens (including phenoxy) is 1. The van der Waals surface area contributed by atoms with Crippen LogP contribution in [-0.4, -0.2) is 48.2 Å². The molecule has 0 bridgehead atoms. The summed E-state index contributed by atoms with van der Waals surface area (Å²) in [6, 6.07) is -1.15. The Kier molecular flexibility index (Phi) is 7.23. The van der Waals surface area contributed by atoms with E-state index in [4.69, 9.17) is 14.4 Å². The molecule has 0 saturated carbocycles. The molecule has 118 valence electrons. The molecule has 0 spiro atoms. The van der Waals surface area contributed by atoms with Gasteiger partial charge in [-0.3, -0.25) is 4.57 Å². The van der Waals surface area contributed by atoms with E-state index < -0.39 is 31.1 Å². The highest BCUT2D eigenvalue weighted by Crippen LogP contribution is 2.43. The van der Waals surface area contributed by atoms with Crippen LogP contribution in [0.25, 0.3) is 0 Å². The van der Waals surface area contributed by atoms with E-state index in [1.807, 2.05) is 0 Å². The van der Waals surface area contributed by atoms with Gasteiger partial charge >= 0.3 is 12.1 Å². The number of amides is 1. The van der Waals surface area contributed by atoms with Crippen LogP contribution in [-0.2, 0) is 18.6 Å². The molecule has 1 amide bonds. The van der Waals surface area contributed by atoms with E-state index in [1.54, 1.807) is 27.7 Å². The van der Waals surface area contributed by atoms with Crippen molar-refractivity contribution >= 4 is 19.4 Å². The van der Waals surface area contributed by atoms with Gasteiger partial charge in [-0.1, -0.05) is 0 Å². The van der Waals surface area contributed by atoms with Crippen molar-refractivity contribution in [2.45, 2.75) is 45.8 Å². The number of carboxylic acids is 1. The Hall–Kier alpha value is -1.07. The lowest BCUT2D eigenvalue weighted by molar-refractivity contribution is -0.139. The number of alkyl carbamates (subject to hydrolysis) is 1. The van der Waals surface area contributed by atoms with Crippen molar-refractivity contribution in [3.8, 4) is 0 Å². The van der Waals surface area contributed by atoms with E-state index in [2.05, 4.69) is 5.32 Å². The molecule has 0 aromatic rings. The fraction of sp³-hybridized carbons (Fsp3) is 0.833. The van der Waals surface area contributed by atoms with Crippen molar-refractivity contribution in [2.75, 3.05) is 19.4 Å². The normalized spacial score (nSPS) is 16.1. The molecule has 2 unspecified atom stereocenters. The third-order valence-corrected chi connectivity index (χ3v) is 4.09. The SMILES string of the molecule is CCOP(C)(=O)CCC(NC(=O)OC(C)(C)C)C(=O)O. The summed E-state index contributed by atoms with van der Waals surface area (Å²) in [4.78, 5) is 22.6. The molecule has 0 radical (unpaired) electrons. The molecule has 7 nitrogen and oxygen atoms in total. The Bertz CT molecular complexity index is 390. The van der Waals surface area contributed by atoms with Crippen LogP contribution >= 0.6 is 7.37 Å². The molecule has 0 aliphatic heterocycles. The molecule has 8 heteroatoms. The van der Waals surface area contributed by atoms with Crippen molar-refractivity contribution in [2.24, 2.45) is 0 Å². The predicted octanol–water partition coefficient (Wildman–Crippen LogP) is 2.30. The molecule has 2 N–H and O–H groups in total. The Morgan fingerprint density at radius 2 is 1.90 bits per heavy atom. The molecule has 0 saturated heterocycles. The lowest BCUT2D eigenvalue weighted by atomic mass is 10.2. The minimum Gasteiger partial charge on any atom is -0.480 e. The van der Waals surface area contributed by atoms with Crippen LogP contribution in [0.5, 0.6) is 0 Å². The van der Waals surface area contributed by atoms with E-state index in [-0.39, 0.29) is 12.6 Å². The Balaban J connectivity index is 4.49. The van der Waals surface area contributed by atoms with Gasteiger partial charge in [0, 0.05) is 12.8 Å². The third kappa shape index (κ3) is 8.93. The van der Waals surface area contributed by atoms with Crippen molar-refractivity contribution < 1.29 is 28.5 Å². The summed E-state index contributed by atoms with van der Waals surface area (Å²) in [5.41, 5.74) is -0.710. The van der Waals surface area contributed by atoms with Crippen LogP contribution in [0, 0.1) is 0 Å². The summed E-state index contributed by atoms with van der Waals surface area (Å²) in [6.45, 7) is 8.49. The largest absolute Gasteiger partial charge is 0.480 e. The van der Waals surface area contributed by atoms with Crippen molar-refractivity contribution in [3.05, 3.63) is 0 Å². The first-order valence-electron chi connectivity index (χ1n) is 6.40. The second kappa shape index (κ2) is 7.64. The zero-order valence-corrected chi connectivity index (χ0v) is 13.5. The van der Waals surface area contributed by atoms with Crippen LogP contribution in [0.2, 0.25) is 0 Å². The zero-order valence-electron chi connectivity index (χ0n) is 12.6. The maximum Gasteiger partial charge on any atom is 0.408 e. The first kappa shape index (κ1) is 18.9. The molecular weight excluding hydrogens is 285 g/mol. The number of nitrogens with one attached hydrogen (secondary N) is 1. The van der Waals surface area contributed by atoms with Gasteiger partial charge in [0.2, 0.25) is 0 Å². The van der Waals surface area contributed by atoms with Gasteiger partial charge < -0.3 is 19.7 Å². The minimum atomic E-state index is -2.83. The molecule has 0 aliphatic rings. The van der Waals surface area contributed by atoms with Gasteiger partial charge in [0.25, 0.3) is 0 Å². The summed E-state index contributed by atoms with van der Waals surface area (Å²) >= 11 is 0. The smallest absolute Gasteiger partial charge is 0.408 e. The lowest BCUT2D eigenvalue weighted by Crippen LogP contribution is -2.43. The van der Waals surface area contributed by atoms with Crippen LogP contribution in [0.3, 0.4) is 0 Å². The second-order valence-electron chi connectivity index (χ2n) is 5.48. The number of carboxylic acid groups (broad SMARTS) is 1. The first-order valence-corrected chi connectivity index (χ1v) is 8.66. The van der Waals surface area contributed by atoms with E-state index >= 15 is 0 Å². The highest BCUT2D eigenvalue weighted by atomic mass is 31.2. The fourth-order valence-electron chi connectivity index (χ4n) is 1.41. The maximum atomic E-state index is 11.9. The van der Waals surface area contributed by atoms with Gasteiger partial charge in [0.15, 0.2) is 7.37 Å². The molecule has 0 aliphatic carbocycles. The van der Waals surface area contributed by atoms with Crippen LogP contribution in [0.15, 0.2) is 0 Å². The van der Waals surface area contributed by atoms with Crippen molar-refractivity contribution in [1.29, 1.82) is 0 Å². The van der Waals surface area contributed by atoms with Gasteiger partial charge in [-0.25, -0.2) is 9.59 Å². The maximum absolute atomic E-state index is 11.9. The van der Waals surface area contributed by atoms with Gasteiger partial charge in [0.1, 0.15) is 11.6 Å². The first-order chi connectivity index (χ1) is 8.97. The quantitative estimate of drug-likeness (QED) is 0.700. The van der Waals surface area contributed by atoms with Crippen molar-refractivity contribution in [1.82, 2.24) is 5.32 Å². The van der Waals surface area contributed by atoms with Crippen molar-refractivity contribution in [3.63, 3.8) is 0 Å². The van der Waals surface area contributed by atoms with Gasteiger partial charge in [0.05, 0.1) is 6.61 Å². The van der Waals surface area contributed by atoms with Gasteiger partial charge in [-0.05, 0) is 34.1 Å². The lowest BCUT2D eigenvalue weighted by Gasteiger charge is -2.22. The van der Waals surface area contributed by atoms with E-state index in [0.717, 1.165) is 0 Å². The number of hydrogen-bond acceptors (Lipinski definition) is 5. The molecule has 2 atom stereocenters. The Morgan fingerprint density at radius 3 is 2.30 bits per heavy atom. The predicted molar refractivity (Wildman–Crippen MR) is 75.4 cm³/mol. The highest BCUT2D eigenvalue weighted by Gasteiger charge is 2.26. The van der Waals surface area contributed by atoms with Crippen LogP contribution in [0.1, 0.15) is 34.1 Å². The Labute approximate surface area is 119 Å². The highest BCUT2D eigenvalue weighted by molar-refractivity contribution is 7.58. The number of aliphatic carboxylic acids is 1. The number of carbonyl (C=O) groups excluding carboxylic acids is 1. The number of carbonyl (C=O) groups is 2. The topological polar surface area (TPSA) is 102 Å². The van der Waals surface area contributed by atoms with E-state index in [1.165, 1.54) is 6.66 Å². The van der Waals surface area contributed by atoms with Crippen LogP contribution in [0.4, 0.5) is 4.79 Å². The monoisotopic (exact) mass is 309 g/mol. The molecule has 0 aromatic heterocycles. The second-order valence-corrected chi connectivity index (χ2v) is 8.21. The minimum absolute atomic E-state index is 0.0162. The van der Waals surface area contributed by atoms with Gasteiger partial charge in [-0.2, -0.15) is 0 Å². The molecule has 0 heterocycles. The molecule has 0 rings (SSSR count). The van der Waals surface area contributed by atoms with E-state index in [9.17, 15) is 14.2 Å². The Morgan fingerprint density at radius 1 is 1.35 bits per heavy atom. The number of rotatable bonds is 7. The third-order valence-electron chi connectivity index (χ3n) is 2.22. The summed E-state index contributed by atoms with van der Waals surface area (Å²) in [6.07, 6.45) is -0.720. The van der Waals surface area contributed by atoms with E-state index in [0.29, 0.717) is 6.61 Å². The molecule has 0 aromatic carbocycles. The molecule has 0 fully saturated rings. The average molecular weight is 309 g/mol. The summed E-state index contributed by atoms with van der Waals surface area (Å²) in [5, 5.41) is 11.3. The fourth-order valence-corrected chi connectivity index (χ4v) is 2.81.